The molecule has 0 bridgehead atoms. The van der Waals surface area contributed by atoms with Gasteiger partial charge in [0, 0.05) is 25.1 Å². The van der Waals surface area contributed by atoms with Crippen LogP contribution in [0.1, 0.15) is 39.0 Å². The Hall–Kier alpha value is -0.130. The molecule has 2 fully saturated rings. The van der Waals surface area contributed by atoms with Crippen LogP contribution in [0.4, 0.5) is 0 Å². The molecule has 2 rings (SSSR count). The predicted octanol–water partition coefficient (Wildman–Crippen LogP) is 1.30. The van der Waals surface area contributed by atoms with E-state index >= 15 is 0 Å². The molecule has 0 aromatic heterocycles. The third kappa shape index (κ3) is 4.17. The average Bonchev–Trinajstić information content (AvgIpc) is 2.54. The number of aliphatic hydroxyl groups is 1. The van der Waals surface area contributed by atoms with Gasteiger partial charge in [0.05, 0.1) is 11.5 Å². The maximum Gasteiger partial charge on any atom is 0.151 e. The fourth-order valence-corrected chi connectivity index (χ4v) is 4.67. The summed E-state index contributed by atoms with van der Waals surface area (Å²) in [5.41, 5.74) is 0.0145. The summed E-state index contributed by atoms with van der Waals surface area (Å²) in [6.45, 7) is 4.88. The van der Waals surface area contributed by atoms with Crippen molar-refractivity contribution in [2.75, 3.05) is 37.7 Å². The first-order chi connectivity index (χ1) is 8.95. The number of nitrogens with zero attached hydrogens (tertiary/aromatic N) is 1. The summed E-state index contributed by atoms with van der Waals surface area (Å²) in [6.07, 6.45) is 5.27. The van der Waals surface area contributed by atoms with Crippen LogP contribution < -0.4 is 0 Å². The standard InChI is InChI=1S/C14H27NO3S/c1-13-3-5-14(12-16,6-4-13)11-15-7-2-9-19(17,18)10-8-15/h13,16H,2-12H2,1H3. The van der Waals surface area contributed by atoms with E-state index in [1.165, 1.54) is 12.8 Å². The summed E-state index contributed by atoms with van der Waals surface area (Å²) in [6, 6.07) is 0. The first-order valence-corrected chi connectivity index (χ1v) is 9.31. The van der Waals surface area contributed by atoms with E-state index in [9.17, 15) is 13.5 Å². The molecular formula is C14H27NO3S. The van der Waals surface area contributed by atoms with Crippen LogP contribution in [0.2, 0.25) is 0 Å². The van der Waals surface area contributed by atoms with Crippen LogP contribution in [0, 0.1) is 11.3 Å². The van der Waals surface area contributed by atoms with Gasteiger partial charge in [-0.15, -0.1) is 0 Å². The summed E-state index contributed by atoms with van der Waals surface area (Å²) in [5.74, 6) is 1.38. The maximum atomic E-state index is 11.6. The number of aliphatic hydroxyl groups excluding tert-OH is 1. The normalized spacial score (nSPS) is 36.8. The molecule has 19 heavy (non-hydrogen) atoms. The largest absolute Gasteiger partial charge is 0.396 e. The lowest BCUT2D eigenvalue weighted by Gasteiger charge is -2.41. The third-order valence-corrected chi connectivity index (χ3v) is 6.59. The van der Waals surface area contributed by atoms with Crippen molar-refractivity contribution in [1.82, 2.24) is 4.90 Å². The second-order valence-electron chi connectivity index (χ2n) is 6.62. The molecule has 0 amide bonds. The minimum absolute atomic E-state index is 0.0145. The highest BCUT2D eigenvalue weighted by molar-refractivity contribution is 7.91. The Labute approximate surface area is 117 Å². The van der Waals surface area contributed by atoms with Crippen LogP contribution in [0.5, 0.6) is 0 Å². The highest BCUT2D eigenvalue weighted by Gasteiger charge is 2.35. The first kappa shape index (κ1) is 15.3. The highest BCUT2D eigenvalue weighted by atomic mass is 32.2. The molecule has 2 aliphatic rings. The lowest BCUT2D eigenvalue weighted by Crippen LogP contribution is -2.43. The van der Waals surface area contributed by atoms with Gasteiger partial charge in [-0.2, -0.15) is 0 Å². The zero-order valence-corrected chi connectivity index (χ0v) is 12.8. The molecule has 1 aliphatic carbocycles. The van der Waals surface area contributed by atoms with Crippen molar-refractivity contribution in [3.05, 3.63) is 0 Å². The lowest BCUT2D eigenvalue weighted by atomic mass is 9.71. The van der Waals surface area contributed by atoms with Gasteiger partial charge in [-0.05, 0) is 31.7 Å². The van der Waals surface area contributed by atoms with Crippen LogP contribution in [0.15, 0.2) is 0 Å². The Morgan fingerprint density at radius 2 is 1.89 bits per heavy atom. The fourth-order valence-electron chi connectivity index (χ4n) is 3.36. The van der Waals surface area contributed by atoms with Crippen molar-refractivity contribution < 1.29 is 13.5 Å². The van der Waals surface area contributed by atoms with Crippen LogP contribution in [-0.2, 0) is 9.84 Å². The number of sulfone groups is 1. The van der Waals surface area contributed by atoms with E-state index in [2.05, 4.69) is 11.8 Å². The van der Waals surface area contributed by atoms with Gasteiger partial charge in [0.2, 0.25) is 0 Å². The van der Waals surface area contributed by atoms with Crippen LogP contribution >= 0.6 is 0 Å². The van der Waals surface area contributed by atoms with Crippen molar-refractivity contribution in [2.45, 2.75) is 39.0 Å². The molecule has 0 atom stereocenters. The highest BCUT2D eigenvalue weighted by Crippen LogP contribution is 2.39. The molecular weight excluding hydrogens is 262 g/mol. The Morgan fingerprint density at radius 1 is 1.21 bits per heavy atom. The summed E-state index contributed by atoms with van der Waals surface area (Å²) in [5, 5.41) is 9.79. The van der Waals surface area contributed by atoms with Gasteiger partial charge < -0.3 is 10.0 Å². The van der Waals surface area contributed by atoms with E-state index in [-0.39, 0.29) is 17.8 Å². The van der Waals surface area contributed by atoms with Gasteiger partial charge in [-0.3, -0.25) is 0 Å². The topological polar surface area (TPSA) is 57.6 Å². The molecule has 0 radical (unpaired) electrons. The number of hydrogen-bond donors (Lipinski definition) is 1. The van der Waals surface area contributed by atoms with Crippen LogP contribution in [0.3, 0.4) is 0 Å². The van der Waals surface area contributed by atoms with E-state index in [0.29, 0.717) is 12.3 Å². The van der Waals surface area contributed by atoms with Crippen LogP contribution in [0.25, 0.3) is 0 Å². The van der Waals surface area contributed by atoms with E-state index in [1.54, 1.807) is 0 Å². The lowest BCUT2D eigenvalue weighted by molar-refractivity contribution is 0.0315. The van der Waals surface area contributed by atoms with Gasteiger partial charge in [0.1, 0.15) is 0 Å². The van der Waals surface area contributed by atoms with Crippen molar-refractivity contribution in [2.24, 2.45) is 11.3 Å². The molecule has 4 nitrogen and oxygen atoms in total. The molecule has 112 valence electrons. The first-order valence-electron chi connectivity index (χ1n) is 7.48. The monoisotopic (exact) mass is 289 g/mol. The molecule has 0 spiro atoms. The molecule has 1 saturated heterocycles. The Balaban J connectivity index is 1.95. The Morgan fingerprint density at radius 3 is 2.53 bits per heavy atom. The Kier molecular flexibility index (Phi) is 4.90. The SMILES string of the molecule is CC1CCC(CO)(CN2CCCS(=O)(=O)CC2)CC1. The summed E-state index contributed by atoms with van der Waals surface area (Å²) < 4.78 is 23.2. The van der Waals surface area contributed by atoms with Gasteiger partial charge in [0.25, 0.3) is 0 Å². The molecule has 0 aromatic carbocycles. The summed E-state index contributed by atoms with van der Waals surface area (Å²) in [7, 11) is -2.83. The third-order valence-electron chi connectivity index (χ3n) is 4.88. The van der Waals surface area contributed by atoms with Gasteiger partial charge in [-0.1, -0.05) is 19.8 Å². The van der Waals surface area contributed by atoms with Crippen LogP contribution in [-0.4, -0.2) is 56.2 Å². The van der Waals surface area contributed by atoms with E-state index in [0.717, 1.165) is 38.3 Å². The zero-order chi connectivity index (χ0) is 13.9. The molecule has 0 aromatic rings. The minimum atomic E-state index is -2.83. The summed E-state index contributed by atoms with van der Waals surface area (Å²) in [4.78, 5) is 2.26. The molecule has 1 aliphatic heterocycles. The van der Waals surface area contributed by atoms with E-state index < -0.39 is 9.84 Å². The molecule has 5 heteroatoms. The summed E-state index contributed by atoms with van der Waals surface area (Å²) >= 11 is 0. The Bertz CT molecular complexity index is 385. The van der Waals surface area contributed by atoms with Crippen molar-refractivity contribution in [1.29, 1.82) is 0 Å². The van der Waals surface area contributed by atoms with Crippen molar-refractivity contribution >= 4 is 9.84 Å². The molecule has 1 saturated carbocycles. The maximum absolute atomic E-state index is 11.6. The quantitative estimate of drug-likeness (QED) is 0.851. The average molecular weight is 289 g/mol. The predicted molar refractivity (Wildman–Crippen MR) is 76.9 cm³/mol. The van der Waals surface area contributed by atoms with E-state index in [4.69, 9.17) is 0 Å². The van der Waals surface area contributed by atoms with Crippen molar-refractivity contribution in [3.8, 4) is 0 Å². The fraction of sp³-hybridized carbons (Fsp3) is 1.00. The van der Waals surface area contributed by atoms with Crippen molar-refractivity contribution in [3.63, 3.8) is 0 Å². The van der Waals surface area contributed by atoms with Gasteiger partial charge in [0.15, 0.2) is 9.84 Å². The molecule has 1 N–H and O–H groups in total. The second-order valence-corrected chi connectivity index (χ2v) is 8.93. The van der Waals surface area contributed by atoms with Gasteiger partial charge >= 0.3 is 0 Å². The second kappa shape index (κ2) is 6.10. The van der Waals surface area contributed by atoms with Gasteiger partial charge in [-0.25, -0.2) is 8.42 Å². The number of rotatable bonds is 3. The smallest absolute Gasteiger partial charge is 0.151 e. The van der Waals surface area contributed by atoms with E-state index in [1.807, 2.05) is 0 Å². The molecule has 1 heterocycles. The molecule has 0 unspecified atom stereocenters. The number of hydrogen-bond acceptors (Lipinski definition) is 4. The minimum Gasteiger partial charge on any atom is -0.396 e. The zero-order valence-electron chi connectivity index (χ0n) is 12.0.